The van der Waals surface area contributed by atoms with Gasteiger partial charge in [0.2, 0.25) is 10.0 Å². The molecule has 0 atom stereocenters. The van der Waals surface area contributed by atoms with E-state index in [9.17, 15) is 13.2 Å². The number of para-hydroxylation sites is 1. The van der Waals surface area contributed by atoms with Gasteiger partial charge in [0.15, 0.2) is 0 Å². The van der Waals surface area contributed by atoms with Crippen LogP contribution >= 0.6 is 0 Å². The van der Waals surface area contributed by atoms with Gasteiger partial charge in [-0.1, -0.05) is 31.0 Å². The van der Waals surface area contributed by atoms with Gasteiger partial charge in [-0.3, -0.25) is 0 Å². The summed E-state index contributed by atoms with van der Waals surface area (Å²) in [6, 6.07) is 8.65. The van der Waals surface area contributed by atoms with E-state index >= 15 is 0 Å². The number of ether oxygens (including phenoxy) is 1. The van der Waals surface area contributed by atoms with Crippen LogP contribution in [0.4, 0.5) is 4.79 Å². The highest BCUT2D eigenvalue weighted by molar-refractivity contribution is 7.89. The van der Waals surface area contributed by atoms with Gasteiger partial charge in [-0.15, -0.1) is 0 Å². The van der Waals surface area contributed by atoms with E-state index in [4.69, 9.17) is 4.74 Å². The van der Waals surface area contributed by atoms with Crippen molar-refractivity contribution in [1.82, 2.24) is 9.62 Å². The maximum atomic E-state index is 12.2. The van der Waals surface area contributed by atoms with Gasteiger partial charge in [0.25, 0.3) is 0 Å². The van der Waals surface area contributed by atoms with E-state index in [0.29, 0.717) is 18.8 Å². The van der Waals surface area contributed by atoms with E-state index in [1.54, 1.807) is 24.3 Å². The summed E-state index contributed by atoms with van der Waals surface area (Å²) in [6.45, 7) is 1.21. The molecule has 1 aliphatic heterocycles. The van der Waals surface area contributed by atoms with E-state index in [1.165, 1.54) is 4.31 Å². The van der Waals surface area contributed by atoms with Gasteiger partial charge in [0.05, 0.1) is 5.75 Å². The third-order valence-electron chi connectivity index (χ3n) is 3.54. The lowest BCUT2D eigenvalue weighted by Crippen LogP contribution is -2.38. The van der Waals surface area contributed by atoms with Crippen LogP contribution in [0.3, 0.4) is 0 Å². The van der Waals surface area contributed by atoms with Crippen LogP contribution in [0.2, 0.25) is 0 Å². The summed E-state index contributed by atoms with van der Waals surface area (Å²) in [5.41, 5.74) is 0. The normalized spacial score (nSPS) is 16.7. The first-order valence-electron chi connectivity index (χ1n) is 7.56. The molecule has 1 aromatic rings. The number of rotatable bonds is 5. The number of hydrogen-bond donors (Lipinski definition) is 1. The molecule has 0 aromatic heterocycles. The molecule has 1 heterocycles. The molecular formula is C15H22N2O4S. The van der Waals surface area contributed by atoms with Gasteiger partial charge < -0.3 is 10.1 Å². The van der Waals surface area contributed by atoms with Crippen molar-refractivity contribution < 1.29 is 17.9 Å². The zero-order valence-electron chi connectivity index (χ0n) is 12.5. The maximum absolute atomic E-state index is 12.2. The SMILES string of the molecule is O=C(NCCS(=O)(=O)N1CCCCCC1)Oc1ccccc1. The van der Waals surface area contributed by atoms with Crippen molar-refractivity contribution in [1.29, 1.82) is 0 Å². The number of carbonyl (C=O) groups excluding carboxylic acids is 1. The maximum Gasteiger partial charge on any atom is 0.412 e. The molecule has 0 saturated carbocycles. The highest BCUT2D eigenvalue weighted by Gasteiger charge is 2.22. The summed E-state index contributed by atoms with van der Waals surface area (Å²) < 4.78 is 31.0. The Hall–Kier alpha value is -1.60. The molecule has 1 N–H and O–H groups in total. The molecule has 7 heteroatoms. The predicted octanol–water partition coefficient (Wildman–Crippen LogP) is 1.98. The van der Waals surface area contributed by atoms with Gasteiger partial charge in [0, 0.05) is 19.6 Å². The Morgan fingerprint density at radius 2 is 1.73 bits per heavy atom. The van der Waals surface area contributed by atoms with Gasteiger partial charge in [0.1, 0.15) is 5.75 Å². The number of hydrogen-bond acceptors (Lipinski definition) is 4. The van der Waals surface area contributed by atoms with Crippen LogP contribution in [0.15, 0.2) is 30.3 Å². The van der Waals surface area contributed by atoms with E-state index < -0.39 is 16.1 Å². The van der Waals surface area contributed by atoms with E-state index in [-0.39, 0.29) is 12.3 Å². The molecule has 0 radical (unpaired) electrons. The van der Waals surface area contributed by atoms with Gasteiger partial charge in [-0.05, 0) is 25.0 Å². The fraction of sp³-hybridized carbons (Fsp3) is 0.533. The van der Waals surface area contributed by atoms with Crippen LogP contribution < -0.4 is 10.1 Å². The second kappa shape index (κ2) is 8.14. The molecule has 1 fully saturated rings. The Morgan fingerprint density at radius 3 is 2.36 bits per heavy atom. The van der Waals surface area contributed by atoms with Crippen LogP contribution in [-0.2, 0) is 10.0 Å². The molecule has 1 saturated heterocycles. The Morgan fingerprint density at radius 1 is 1.09 bits per heavy atom. The summed E-state index contributed by atoms with van der Waals surface area (Å²) in [5, 5.41) is 2.47. The quantitative estimate of drug-likeness (QED) is 0.898. The third-order valence-corrected chi connectivity index (χ3v) is 5.41. The summed E-state index contributed by atoms with van der Waals surface area (Å²) in [4.78, 5) is 11.6. The van der Waals surface area contributed by atoms with Crippen molar-refractivity contribution in [3.05, 3.63) is 30.3 Å². The van der Waals surface area contributed by atoms with Gasteiger partial charge in [-0.25, -0.2) is 17.5 Å². The first kappa shape index (κ1) is 16.8. The average Bonchev–Trinajstić information content (AvgIpc) is 2.77. The highest BCUT2D eigenvalue weighted by atomic mass is 32.2. The Bertz CT molecular complexity index is 566. The first-order chi connectivity index (χ1) is 10.6. The number of amides is 1. The molecule has 1 aromatic carbocycles. The smallest absolute Gasteiger partial charge is 0.410 e. The minimum Gasteiger partial charge on any atom is -0.410 e. The Kier molecular flexibility index (Phi) is 6.21. The fourth-order valence-electron chi connectivity index (χ4n) is 2.36. The zero-order chi connectivity index (χ0) is 15.8. The van der Waals surface area contributed by atoms with Crippen molar-refractivity contribution in [3.8, 4) is 5.75 Å². The van der Waals surface area contributed by atoms with Crippen molar-refractivity contribution in [3.63, 3.8) is 0 Å². The van der Waals surface area contributed by atoms with Crippen molar-refractivity contribution >= 4 is 16.1 Å². The lowest BCUT2D eigenvalue weighted by atomic mass is 10.2. The molecule has 0 aliphatic carbocycles. The second-order valence-corrected chi connectivity index (χ2v) is 7.35. The van der Waals surface area contributed by atoms with Crippen LogP contribution in [0, 0.1) is 0 Å². The van der Waals surface area contributed by atoms with E-state index in [2.05, 4.69) is 5.32 Å². The largest absolute Gasteiger partial charge is 0.412 e. The summed E-state index contributed by atoms with van der Waals surface area (Å²) in [5.74, 6) is 0.326. The molecule has 2 rings (SSSR count). The number of sulfonamides is 1. The summed E-state index contributed by atoms with van der Waals surface area (Å²) in [6.07, 6.45) is 3.32. The highest BCUT2D eigenvalue weighted by Crippen LogP contribution is 2.13. The minimum atomic E-state index is -3.31. The summed E-state index contributed by atoms with van der Waals surface area (Å²) >= 11 is 0. The van der Waals surface area contributed by atoms with Crippen LogP contribution in [0.1, 0.15) is 25.7 Å². The first-order valence-corrected chi connectivity index (χ1v) is 9.17. The van der Waals surface area contributed by atoms with Crippen molar-refractivity contribution in [2.45, 2.75) is 25.7 Å². The minimum absolute atomic E-state index is 0.0461. The molecule has 1 aliphatic rings. The molecular weight excluding hydrogens is 304 g/mol. The van der Waals surface area contributed by atoms with Gasteiger partial charge in [-0.2, -0.15) is 0 Å². The standard InChI is InChI=1S/C15H22N2O4S/c18-15(21-14-8-4-3-5-9-14)16-10-13-22(19,20)17-11-6-1-2-7-12-17/h3-5,8-9H,1-2,6-7,10-13H2,(H,16,18). The molecule has 1 amide bonds. The lowest BCUT2D eigenvalue weighted by molar-refractivity contribution is 0.201. The monoisotopic (exact) mass is 326 g/mol. The second-order valence-electron chi connectivity index (χ2n) is 5.26. The predicted molar refractivity (Wildman–Crippen MR) is 84.3 cm³/mol. The number of nitrogens with zero attached hydrogens (tertiary/aromatic N) is 1. The van der Waals surface area contributed by atoms with E-state index in [1.807, 2.05) is 6.07 Å². The van der Waals surface area contributed by atoms with Crippen molar-refractivity contribution in [2.24, 2.45) is 0 Å². The number of benzene rings is 1. The molecule has 122 valence electrons. The van der Waals surface area contributed by atoms with Crippen LogP contribution in [0.5, 0.6) is 5.75 Å². The van der Waals surface area contributed by atoms with Gasteiger partial charge >= 0.3 is 6.09 Å². The Labute approximate surface area is 131 Å². The average molecular weight is 326 g/mol. The Balaban J connectivity index is 1.76. The summed E-state index contributed by atoms with van der Waals surface area (Å²) in [7, 11) is -3.31. The third kappa shape index (κ3) is 5.31. The number of nitrogens with one attached hydrogen (secondary N) is 1. The topological polar surface area (TPSA) is 75.7 Å². The lowest BCUT2D eigenvalue weighted by Gasteiger charge is -2.19. The molecule has 6 nitrogen and oxygen atoms in total. The zero-order valence-corrected chi connectivity index (χ0v) is 13.3. The molecule has 0 bridgehead atoms. The van der Waals surface area contributed by atoms with E-state index in [0.717, 1.165) is 25.7 Å². The fourth-order valence-corrected chi connectivity index (χ4v) is 3.80. The number of carbonyl (C=O) groups is 1. The molecule has 0 spiro atoms. The van der Waals surface area contributed by atoms with Crippen LogP contribution in [0.25, 0.3) is 0 Å². The molecule has 22 heavy (non-hydrogen) atoms. The van der Waals surface area contributed by atoms with Crippen LogP contribution in [-0.4, -0.2) is 44.2 Å². The molecule has 0 unspecified atom stereocenters. The van der Waals surface area contributed by atoms with Crippen molar-refractivity contribution in [2.75, 3.05) is 25.4 Å².